The first-order chi connectivity index (χ1) is 7.97. The Bertz CT molecular complexity index is 501. The molecule has 17 heavy (non-hydrogen) atoms. The molecule has 0 radical (unpaired) electrons. The van der Waals surface area contributed by atoms with Gasteiger partial charge in [0.1, 0.15) is 0 Å². The molecule has 0 aliphatic heterocycles. The Labute approximate surface area is 111 Å². The molecule has 94 valence electrons. The second kappa shape index (κ2) is 4.98. The molecule has 1 aliphatic rings. The van der Waals surface area contributed by atoms with E-state index in [0.717, 1.165) is 29.4 Å². The van der Waals surface area contributed by atoms with Crippen LogP contribution in [-0.4, -0.2) is 26.0 Å². The Morgan fingerprint density at radius 1 is 1.35 bits per heavy atom. The van der Waals surface area contributed by atoms with E-state index in [9.17, 15) is 8.42 Å². The van der Waals surface area contributed by atoms with Crippen molar-refractivity contribution in [2.45, 2.75) is 30.6 Å². The van der Waals surface area contributed by atoms with Gasteiger partial charge in [-0.3, -0.25) is 0 Å². The standard InChI is InChI=1S/C12H16BrNO2S/c1-17(15,16)12-7-3-6-11(12)14-10-5-2-4-9(13)8-10/h2,4-5,8,11-12,14H,3,6-7H2,1H3. The highest BCUT2D eigenvalue weighted by Crippen LogP contribution is 2.28. The summed E-state index contributed by atoms with van der Waals surface area (Å²) in [6.07, 6.45) is 4.00. The van der Waals surface area contributed by atoms with Gasteiger partial charge in [0.15, 0.2) is 9.84 Å². The summed E-state index contributed by atoms with van der Waals surface area (Å²) in [5.74, 6) is 0. The van der Waals surface area contributed by atoms with Crippen LogP contribution in [0.3, 0.4) is 0 Å². The zero-order chi connectivity index (χ0) is 12.5. The zero-order valence-corrected chi connectivity index (χ0v) is 12.1. The first-order valence-corrected chi connectivity index (χ1v) is 8.42. The van der Waals surface area contributed by atoms with Crippen LogP contribution in [0.5, 0.6) is 0 Å². The van der Waals surface area contributed by atoms with Gasteiger partial charge >= 0.3 is 0 Å². The van der Waals surface area contributed by atoms with E-state index in [0.29, 0.717) is 0 Å². The SMILES string of the molecule is CS(=O)(=O)C1CCCC1Nc1cccc(Br)c1. The second-order valence-corrected chi connectivity index (χ2v) is 7.74. The van der Waals surface area contributed by atoms with Gasteiger partial charge in [-0.15, -0.1) is 0 Å². The molecular weight excluding hydrogens is 302 g/mol. The average molecular weight is 318 g/mol. The first-order valence-electron chi connectivity index (χ1n) is 5.68. The topological polar surface area (TPSA) is 46.2 Å². The predicted molar refractivity (Wildman–Crippen MR) is 74.0 cm³/mol. The fraction of sp³-hybridized carbons (Fsp3) is 0.500. The van der Waals surface area contributed by atoms with Gasteiger partial charge in [0.05, 0.1) is 5.25 Å². The van der Waals surface area contributed by atoms with Crippen molar-refractivity contribution in [3.63, 3.8) is 0 Å². The number of nitrogens with one attached hydrogen (secondary N) is 1. The maximum atomic E-state index is 11.7. The van der Waals surface area contributed by atoms with E-state index in [1.165, 1.54) is 6.26 Å². The van der Waals surface area contributed by atoms with Crippen molar-refractivity contribution in [2.75, 3.05) is 11.6 Å². The van der Waals surface area contributed by atoms with Crippen LogP contribution in [-0.2, 0) is 9.84 Å². The van der Waals surface area contributed by atoms with E-state index in [1.807, 2.05) is 24.3 Å². The van der Waals surface area contributed by atoms with E-state index in [1.54, 1.807) is 0 Å². The van der Waals surface area contributed by atoms with Gasteiger partial charge in [0, 0.05) is 22.5 Å². The van der Waals surface area contributed by atoms with Crippen molar-refractivity contribution in [3.05, 3.63) is 28.7 Å². The Kier molecular flexibility index (Phi) is 3.78. The van der Waals surface area contributed by atoms with Gasteiger partial charge in [0.2, 0.25) is 0 Å². The van der Waals surface area contributed by atoms with Crippen LogP contribution in [0.4, 0.5) is 5.69 Å². The molecule has 1 aliphatic carbocycles. The third kappa shape index (κ3) is 3.22. The number of rotatable bonds is 3. The molecule has 0 bridgehead atoms. The zero-order valence-electron chi connectivity index (χ0n) is 9.69. The van der Waals surface area contributed by atoms with Gasteiger partial charge < -0.3 is 5.32 Å². The smallest absolute Gasteiger partial charge is 0.152 e. The summed E-state index contributed by atoms with van der Waals surface area (Å²) in [6, 6.07) is 7.87. The lowest BCUT2D eigenvalue weighted by Gasteiger charge is -2.20. The molecule has 0 saturated heterocycles. The molecule has 2 atom stereocenters. The predicted octanol–water partition coefficient (Wildman–Crippen LogP) is 2.83. The maximum absolute atomic E-state index is 11.7. The van der Waals surface area contributed by atoms with Gasteiger partial charge in [-0.2, -0.15) is 0 Å². The summed E-state index contributed by atoms with van der Waals surface area (Å²) < 4.78 is 24.3. The van der Waals surface area contributed by atoms with Crippen molar-refractivity contribution in [2.24, 2.45) is 0 Å². The Balaban J connectivity index is 2.13. The van der Waals surface area contributed by atoms with Crippen LogP contribution < -0.4 is 5.32 Å². The molecule has 1 fully saturated rings. The quantitative estimate of drug-likeness (QED) is 0.932. The maximum Gasteiger partial charge on any atom is 0.152 e. The summed E-state index contributed by atoms with van der Waals surface area (Å²) in [7, 11) is -2.96. The van der Waals surface area contributed by atoms with E-state index in [-0.39, 0.29) is 11.3 Å². The third-order valence-electron chi connectivity index (χ3n) is 3.18. The van der Waals surface area contributed by atoms with Gasteiger partial charge in [0.25, 0.3) is 0 Å². The van der Waals surface area contributed by atoms with Gasteiger partial charge in [-0.25, -0.2) is 8.42 Å². The van der Waals surface area contributed by atoms with Crippen molar-refractivity contribution in [1.29, 1.82) is 0 Å². The minimum atomic E-state index is -2.96. The lowest BCUT2D eigenvalue weighted by molar-refractivity contribution is 0.579. The molecule has 0 amide bonds. The fourth-order valence-electron chi connectivity index (χ4n) is 2.40. The molecular formula is C12H16BrNO2S. The number of anilines is 1. The molecule has 1 saturated carbocycles. The number of hydrogen-bond acceptors (Lipinski definition) is 3. The molecule has 3 nitrogen and oxygen atoms in total. The molecule has 1 N–H and O–H groups in total. The lowest BCUT2D eigenvalue weighted by atomic mass is 10.2. The lowest BCUT2D eigenvalue weighted by Crippen LogP contribution is -2.34. The molecule has 1 aromatic carbocycles. The highest BCUT2D eigenvalue weighted by atomic mass is 79.9. The third-order valence-corrected chi connectivity index (χ3v) is 5.34. The van der Waals surface area contributed by atoms with Crippen molar-refractivity contribution in [3.8, 4) is 0 Å². The second-order valence-electron chi connectivity index (χ2n) is 4.56. The van der Waals surface area contributed by atoms with E-state index < -0.39 is 9.84 Å². The number of halogens is 1. The first kappa shape index (κ1) is 12.9. The van der Waals surface area contributed by atoms with E-state index in [4.69, 9.17) is 0 Å². The summed E-state index contributed by atoms with van der Waals surface area (Å²) in [5.41, 5.74) is 0.972. The average Bonchev–Trinajstić information content (AvgIpc) is 2.65. The molecule has 0 aromatic heterocycles. The van der Waals surface area contributed by atoms with Crippen molar-refractivity contribution in [1.82, 2.24) is 0 Å². The molecule has 1 aromatic rings. The van der Waals surface area contributed by atoms with Crippen LogP contribution >= 0.6 is 15.9 Å². The Morgan fingerprint density at radius 2 is 2.12 bits per heavy atom. The van der Waals surface area contributed by atoms with Crippen molar-refractivity contribution < 1.29 is 8.42 Å². The molecule has 2 unspecified atom stereocenters. The Morgan fingerprint density at radius 3 is 2.76 bits per heavy atom. The summed E-state index contributed by atoms with van der Waals surface area (Å²) in [5, 5.41) is 3.08. The van der Waals surface area contributed by atoms with Crippen LogP contribution in [0, 0.1) is 0 Å². The van der Waals surface area contributed by atoms with E-state index in [2.05, 4.69) is 21.2 Å². The van der Waals surface area contributed by atoms with E-state index >= 15 is 0 Å². The summed E-state index contributed by atoms with van der Waals surface area (Å²) >= 11 is 3.41. The molecule has 0 spiro atoms. The number of benzene rings is 1. The normalized spacial score (nSPS) is 24.8. The van der Waals surface area contributed by atoms with Crippen molar-refractivity contribution >= 4 is 31.5 Å². The van der Waals surface area contributed by atoms with Crippen LogP contribution in [0.15, 0.2) is 28.7 Å². The van der Waals surface area contributed by atoms with Gasteiger partial charge in [-0.1, -0.05) is 22.0 Å². The molecule has 0 heterocycles. The minimum absolute atomic E-state index is 0.0410. The number of sulfone groups is 1. The fourth-order valence-corrected chi connectivity index (χ4v) is 4.19. The Hall–Kier alpha value is -0.550. The summed E-state index contributed by atoms with van der Waals surface area (Å²) in [4.78, 5) is 0. The van der Waals surface area contributed by atoms with Gasteiger partial charge in [-0.05, 0) is 37.5 Å². The highest BCUT2D eigenvalue weighted by molar-refractivity contribution is 9.10. The summed E-state index contributed by atoms with van der Waals surface area (Å²) in [6.45, 7) is 0. The monoisotopic (exact) mass is 317 g/mol. The van der Waals surface area contributed by atoms with Crippen LogP contribution in [0.25, 0.3) is 0 Å². The van der Waals surface area contributed by atoms with Crippen LogP contribution in [0.1, 0.15) is 19.3 Å². The minimum Gasteiger partial charge on any atom is -0.381 e. The van der Waals surface area contributed by atoms with Crippen LogP contribution in [0.2, 0.25) is 0 Å². The molecule has 2 rings (SSSR count). The largest absolute Gasteiger partial charge is 0.381 e. The molecule has 5 heteroatoms. The highest BCUT2D eigenvalue weighted by Gasteiger charge is 2.34. The number of hydrogen-bond donors (Lipinski definition) is 1.